The summed E-state index contributed by atoms with van der Waals surface area (Å²) in [6, 6.07) is 5.55. The molecule has 2 unspecified atom stereocenters. The number of likely N-dealkylation sites (tertiary alicyclic amines) is 1. The Kier molecular flexibility index (Phi) is 5.00. The minimum Gasteiger partial charge on any atom is -0.393 e. The van der Waals surface area contributed by atoms with Crippen LogP contribution in [0.15, 0.2) is 18.2 Å². The monoisotopic (exact) mass is 287 g/mol. The minimum atomic E-state index is -0.394. The Bertz CT molecular complexity index is 583. The molecule has 1 amide bonds. The molecule has 0 radical (unpaired) electrons. The summed E-state index contributed by atoms with van der Waals surface area (Å²) in [5.41, 5.74) is 2.21. The van der Waals surface area contributed by atoms with E-state index in [0.717, 1.165) is 12.0 Å². The van der Waals surface area contributed by atoms with Crippen LogP contribution in [0.25, 0.3) is 0 Å². The zero-order valence-corrected chi connectivity index (χ0v) is 12.5. The van der Waals surface area contributed by atoms with Gasteiger partial charge in [0.2, 0.25) is 0 Å². The second kappa shape index (κ2) is 6.75. The number of aliphatic hydroxyl groups excluding tert-OH is 2. The Hall–Kier alpha value is -1.83. The van der Waals surface area contributed by atoms with Gasteiger partial charge in [-0.05, 0) is 32.4 Å². The van der Waals surface area contributed by atoms with Crippen molar-refractivity contribution in [2.75, 3.05) is 19.7 Å². The highest BCUT2D eigenvalue weighted by atomic mass is 16.3. The topological polar surface area (TPSA) is 60.8 Å². The Morgan fingerprint density at radius 1 is 1.52 bits per heavy atom. The van der Waals surface area contributed by atoms with E-state index in [1.807, 2.05) is 25.1 Å². The maximum absolute atomic E-state index is 12.7. The fourth-order valence-corrected chi connectivity index (χ4v) is 2.61. The number of nitrogens with zero attached hydrogens (tertiary/aromatic N) is 1. The van der Waals surface area contributed by atoms with Crippen LogP contribution in [-0.4, -0.2) is 46.8 Å². The Morgan fingerprint density at radius 2 is 2.29 bits per heavy atom. The van der Waals surface area contributed by atoms with Crippen LogP contribution in [0.5, 0.6) is 0 Å². The molecule has 1 aliphatic heterocycles. The lowest BCUT2D eigenvalue weighted by molar-refractivity contribution is 0.0762. The van der Waals surface area contributed by atoms with Crippen molar-refractivity contribution < 1.29 is 15.0 Å². The zero-order valence-electron chi connectivity index (χ0n) is 12.5. The standard InChI is InChI=1S/C17H21NO3/c1-12-5-6-14(4-3-9-19)16(10-12)17(21)18-8-7-15(11-18)13(2)20/h5-6,10,13,15,19-20H,7-9,11H2,1-2H3. The van der Waals surface area contributed by atoms with Crippen LogP contribution in [0.4, 0.5) is 0 Å². The molecule has 0 aromatic heterocycles. The van der Waals surface area contributed by atoms with Crippen LogP contribution in [-0.2, 0) is 0 Å². The highest BCUT2D eigenvalue weighted by Crippen LogP contribution is 2.23. The van der Waals surface area contributed by atoms with E-state index in [1.54, 1.807) is 11.8 Å². The first-order valence-electron chi connectivity index (χ1n) is 7.20. The molecule has 2 rings (SSSR count). The zero-order chi connectivity index (χ0) is 15.4. The number of hydrogen-bond acceptors (Lipinski definition) is 3. The van der Waals surface area contributed by atoms with Gasteiger partial charge in [-0.3, -0.25) is 4.79 Å². The minimum absolute atomic E-state index is 0.0518. The summed E-state index contributed by atoms with van der Waals surface area (Å²) in [5.74, 6) is 5.52. The lowest BCUT2D eigenvalue weighted by Crippen LogP contribution is -2.31. The quantitative estimate of drug-likeness (QED) is 0.803. The summed E-state index contributed by atoms with van der Waals surface area (Å²) < 4.78 is 0. The van der Waals surface area contributed by atoms with Crippen LogP contribution in [0.1, 0.15) is 34.8 Å². The van der Waals surface area contributed by atoms with Crippen molar-refractivity contribution in [1.82, 2.24) is 4.90 Å². The fourth-order valence-electron chi connectivity index (χ4n) is 2.61. The summed E-state index contributed by atoms with van der Waals surface area (Å²) >= 11 is 0. The first kappa shape index (κ1) is 15.6. The number of amides is 1. The van der Waals surface area contributed by atoms with Crippen molar-refractivity contribution in [2.24, 2.45) is 5.92 Å². The smallest absolute Gasteiger partial charge is 0.255 e. The summed E-state index contributed by atoms with van der Waals surface area (Å²) in [6.45, 7) is 4.72. The summed E-state index contributed by atoms with van der Waals surface area (Å²) in [5, 5.41) is 18.5. The van der Waals surface area contributed by atoms with Gasteiger partial charge in [-0.2, -0.15) is 0 Å². The Balaban J connectivity index is 2.25. The summed E-state index contributed by atoms with van der Waals surface area (Å²) in [7, 11) is 0. The fraction of sp³-hybridized carbons (Fsp3) is 0.471. The van der Waals surface area contributed by atoms with Crippen molar-refractivity contribution in [2.45, 2.75) is 26.4 Å². The first-order chi connectivity index (χ1) is 10.0. The Morgan fingerprint density at radius 3 is 2.90 bits per heavy atom. The van der Waals surface area contributed by atoms with Crippen molar-refractivity contribution in [1.29, 1.82) is 0 Å². The van der Waals surface area contributed by atoms with E-state index >= 15 is 0 Å². The van der Waals surface area contributed by atoms with Crippen LogP contribution in [0, 0.1) is 24.7 Å². The normalized spacial score (nSPS) is 19.0. The lowest BCUT2D eigenvalue weighted by Gasteiger charge is -2.19. The third kappa shape index (κ3) is 3.63. The van der Waals surface area contributed by atoms with Crippen LogP contribution in [0.2, 0.25) is 0 Å². The molecule has 21 heavy (non-hydrogen) atoms. The molecule has 0 bridgehead atoms. The molecule has 1 aromatic carbocycles. The van der Waals surface area contributed by atoms with Crippen molar-refractivity contribution >= 4 is 5.91 Å². The number of benzene rings is 1. The molecular weight excluding hydrogens is 266 g/mol. The summed E-state index contributed by atoms with van der Waals surface area (Å²) in [6.07, 6.45) is 0.432. The molecule has 4 heteroatoms. The van der Waals surface area contributed by atoms with Gasteiger partial charge >= 0.3 is 0 Å². The van der Waals surface area contributed by atoms with Gasteiger partial charge in [0.15, 0.2) is 0 Å². The molecule has 1 aliphatic rings. The van der Waals surface area contributed by atoms with Gasteiger partial charge in [0, 0.05) is 24.6 Å². The van der Waals surface area contributed by atoms with Gasteiger partial charge in [-0.15, -0.1) is 0 Å². The molecule has 0 spiro atoms. The number of rotatable bonds is 2. The second-order valence-corrected chi connectivity index (χ2v) is 5.55. The van der Waals surface area contributed by atoms with Gasteiger partial charge in [-0.25, -0.2) is 0 Å². The van der Waals surface area contributed by atoms with Crippen molar-refractivity contribution in [3.63, 3.8) is 0 Å². The highest BCUT2D eigenvalue weighted by Gasteiger charge is 2.30. The third-order valence-corrected chi connectivity index (χ3v) is 3.90. The average Bonchev–Trinajstić information content (AvgIpc) is 2.95. The first-order valence-corrected chi connectivity index (χ1v) is 7.20. The van der Waals surface area contributed by atoms with E-state index < -0.39 is 6.10 Å². The highest BCUT2D eigenvalue weighted by molar-refractivity contribution is 5.97. The maximum Gasteiger partial charge on any atom is 0.255 e. The molecule has 1 heterocycles. The number of aliphatic hydroxyl groups is 2. The van der Waals surface area contributed by atoms with Gasteiger partial charge in [0.05, 0.1) is 11.7 Å². The molecule has 1 aromatic rings. The SMILES string of the molecule is Cc1ccc(C#CCO)c(C(=O)N2CCC(C(C)O)C2)c1. The molecule has 0 aliphatic carbocycles. The van der Waals surface area contributed by atoms with Gasteiger partial charge < -0.3 is 15.1 Å². The molecule has 0 saturated carbocycles. The number of carbonyl (C=O) groups excluding carboxylic acids is 1. The lowest BCUT2D eigenvalue weighted by atomic mass is 10.0. The van der Waals surface area contributed by atoms with Gasteiger partial charge in [-0.1, -0.05) is 23.5 Å². The van der Waals surface area contributed by atoms with E-state index in [2.05, 4.69) is 11.8 Å². The van der Waals surface area contributed by atoms with Gasteiger partial charge in [0.1, 0.15) is 6.61 Å². The maximum atomic E-state index is 12.7. The molecule has 2 N–H and O–H groups in total. The van der Waals surface area contributed by atoms with E-state index in [0.29, 0.717) is 24.2 Å². The second-order valence-electron chi connectivity index (χ2n) is 5.55. The summed E-state index contributed by atoms with van der Waals surface area (Å²) in [4.78, 5) is 14.4. The number of aryl methyl sites for hydroxylation is 1. The largest absolute Gasteiger partial charge is 0.393 e. The van der Waals surface area contributed by atoms with Crippen LogP contribution in [0.3, 0.4) is 0 Å². The number of carbonyl (C=O) groups is 1. The van der Waals surface area contributed by atoms with E-state index in [4.69, 9.17) is 5.11 Å². The molecular formula is C17H21NO3. The van der Waals surface area contributed by atoms with Crippen LogP contribution >= 0.6 is 0 Å². The van der Waals surface area contributed by atoms with Crippen molar-refractivity contribution in [3.05, 3.63) is 34.9 Å². The van der Waals surface area contributed by atoms with Crippen molar-refractivity contribution in [3.8, 4) is 11.8 Å². The predicted octanol–water partition coefficient (Wildman–Crippen LogP) is 1.18. The average molecular weight is 287 g/mol. The molecule has 1 fully saturated rings. The molecule has 112 valence electrons. The molecule has 1 saturated heterocycles. The third-order valence-electron chi connectivity index (χ3n) is 3.90. The number of hydrogen-bond donors (Lipinski definition) is 2. The van der Waals surface area contributed by atoms with Gasteiger partial charge in [0.25, 0.3) is 5.91 Å². The molecule has 4 nitrogen and oxygen atoms in total. The molecule has 2 atom stereocenters. The van der Waals surface area contributed by atoms with E-state index in [1.165, 1.54) is 0 Å². The van der Waals surface area contributed by atoms with Crippen LogP contribution < -0.4 is 0 Å². The predicted molar refractivity (Wildman–Crippen MR) is 80.8 cm³/mol. The van der Waals surface area contributed by atoms with E-state index in [9.17, 15) is 9.90 Å². The van der Waals surface area contributed by atoms with E-state index in [-0.39, 0.29) is 18.4 Å². The Labute approximate surface area is 125 Å².